The van der Waals surface area contributed by atoms with Crippen molar-refractivity contribution in [2.75, 3.05) is 0 Å². The van der Waals surface area contributed by atoms with Gasteiger partial charge in [0.15, 0.2) is 0 Å². The molecule has 4 heterocycles. The van der Waals surface area contributed by atoms with Gasteiger partial charge in [-0.1, -0.05) is 128 Å². The summed E-state index contributed by atoms with van der Waals surface area (Å²) in [5.74, 6) is 2.27. The van der Waals surface area contributed by atoms with Crippen molar-refractivity contribution < 1.29 is 4.74 Å². The van der Waals surface area contributed by atoms with E-state index < -0.39 is 5.41 Å². The first-order valence-electron chi connectivity index (χ1n) is 17.5. The molecule has 11 rings (SSSR count). The Morgan fingerprint density at radius 1 is 0.620 bits per heavy atom. The fraction of sp³-hybridized carbons (Fsp3) is 0.0851. The molecule has 8 aromatic rings. The van der Waals surface area contributed by atoms with E-state index in [0.29, 0.717) is 5.92 Å². The molecule has 0 saturated heterocycles. The molecule has 1 spiro atoms. The molecule has 3 aliphatic rings. The Hall–Kier alpha value is -6.19. The van der Waals surface area contributed by atoms with Gasteiger partial charge in [-0.05, 0) is 76.1 Å². The summed E-state index contributed by atoms with van der Waals surface area (Å²) in [6, 6.07) is 53.2. The zero-order valence-corrected chi connectivity index (χ0v) is 27.6. The highest BCUT2D eigenvalue weighted by molar-refractivity contribution is 6.12. The van der Waals surface area contributed by atoms with Crippen LogP contribution >= 0.6 is 0 Å². The van der Waals surface area contributed by atoms with Gasteiger partial charge in [0.25, 0.3) is 0 Å². The fourth-order valence-electron chi connectivity index (χ4n) is 9.16. The minimum Gasteiger partial charge on any atom is -0.457 e. The average molecular weight is 641 g/mol. The number of para-hydroxylation sites is 4. The van der Waals surface area contributed by atoms with E-state index in [0.717, 1.165) is 40.3 Å². The summed E-state index contributed by atoms with van der Waals surface area (Å²) in [5.41, 5.74) is 15.2. The quantitative estimate of drug-likeness (QED) is 0.188. The van der Waals surface area contributed by atoms with Crippen LogP contribution in [0.3, 0.4) is 0 Å². The van der Waals surface area contributed by atoms with Gasteiger partial charge in [0.1, 0.15) is 11.5 Å². The molecule has 0 radical (unpaired) electrons. The topological polar surface area (TPSA) is 27.1 Å². The first-order valence-corrected chi connectivity index (χ1v) is 17.5. The number of ether oxygens (including phenoxy) is 1. The lowest BCUT2D eigenvalue weighted by Gasteiger charge is -2.45. The Bertz CT molecular complexity index is 2730. The molecule has 0 saturated carbocycles. The second-order valence-electron chi connectivity index (χ2n) is 13.9. The van der Waals surface area contributed by atoms with E-state index in [9.17, 15) is 0 Å². The molecule has 3 nitrogen and oxygen atoms in total. The first-order chi connectivity index (χ1) is 24.7. The lowest BCUT2D eigenvalue weighted by Crippen LogP contribution is -2.37. The molecule has 0 amide bonds. The van der Waals surface area contributed by atoms with Crippen LogP contribution in [0.4, 0.5) is 0 Å². The van der Waals surface area contributed by atoms with Gasteiger partial charge in [0.2, 0.25) is 0 Å². The summed E-state index contributed by atoms with van der Waals surface area (Å²) in [6.45, 7) is 2.28. The van der Waals surface area contributed by atoms with E-state index in [1.165, 1.54) is 60.9 Å². The number of fused-ring (bicyclic) bond motifs is 12. The Morgan fingerprint density at radius 3 is 2.26 bits per heavy atom. The third-order valence-corrected chi connectivity index (χ3v) is 11.4. The maximum atomic E-state index is 6.87. The molecular weight excluding hydrogens is 609 g/mol. The molecule has 0 fully saturated rings. The molecular formula is C47H32N2O. The van der Waals surface area contributed by atoms with Gasteiger partial charge < -0.3 is 9.30 Å². The molecule has 236 valence electrons. The van der Waals surface area contributed by atoms with Crippen molar-refractivity contribution in [3.8, 4) is 28.3 Å². The standard InChI is InChI=1S/C47H32N2O/c1-29-19-25-34(45-33(29)12-9-27-48-45)31-22-20-30(21-23-31)32-24-26-39-44(28-32)50-43-18-7-4-14-38(43)47(39)37-13-3-6-17-42(37)49-41-16-5-2-10-35(41)36-11-8-15-40(47)46(36)49/h2-18,20-29H,19H2,1H3. The van der Waals surface area contributed by atoms with Crippen LogP contribution in [0, 0.1) is 0 Å². The zero-order chi connectivity index (χ0) is 33.0. The number of allylic oxidation sites excluding steroid dienone is 1. The number of rotatable bonds is 2. The number of pyridine rings is 1. The normalized spacial score (nSPS) is 18.2. The molecule has 6 aromatic carbocycles. The van der Waals surface area contributed by atoms with Gasteiger partial charge in [-0.2, -0.15) is 0 Å². The predicted octanol–water partition coefficient (Wildman–Crippen LogP) is 11.6. The van der Waals surface area contributed by atoms with Crippen LogP contribution in [-0.4, -0.2) is 9.55 Å². The van der Waals surface area contributed by atoms with Crippen LogP contribution in [0.1, 0.15) is 58.3 Å². The summed E-state index contributed by atoms with van der Waals surface area (Å²) >= 11 is 0. The SMILES string of the molecule is CC1CC=C(c2ccc(-c3ccc4c(c3)Oc3ccccc3C43c4ccccc4-n4c5ccccc5c5cccc3c54)cc2)c2ncccc21. The van der Waals surface area contributed by atoms with E-state index in [2.05, 4.69) is 157 Å². The summed E-state index contributed by atoms with van der Waals surface area (Å²) < 4.78 is 9.35. The van der Waals surface area contributed by atoms with Gasteiger partial charge in [0.05, 0.1) is 27.8 Å². The third kappa shape index (κ3) is 3.56. The summed E-state index contributed by atoms with van der Waals surface area (Å²) in [7, 11) is 0. The molecule has 2 aliphatic heterocycles. The summed E-state index contributed by atoms with van der Waals surface area (Å²) in [5, 5.41) is 2.54. The molecule has 3 heteroatoms. The van der Waals surface area contributed by atoms with Gasteiger partial charge in [-0.15, -0.1) is 0 Å². The van der Waals surface area contributed by atoms with Crippen LogP contribution in [-0.2, 0) is 5.41 Å². The molecule has 2 atom stereocenters. The second-order valence-corrected chi connectivity index (χ2v) is 13.9. The minimum atomic E-state index is -0.558. The highest BCUT2D eigenvalue weighted by Gasteiger charge is 2.50. The van der Waals surface area contributed by atoms with Gasteiger partial charge in [0, 0.05) is 33.7 Å². The van der Waals surface area contributed by atoms with E-state index >= 15 is 0 Å². The lowest BCUT2D eigenvalue weighted by atomic mass is 9.61. The van der Waals surface area contributed by atoms with Crippen molar-refractivity contribution in [3.05, 3.63) is 197 Å². The molecule has 0 N–H and O–H groups in total. The molecule has 2 unspecified atom stereocenters. The molecule has 0 bridgehead atoms. The molecule has 1 aliphatic carbocycles. The third-order valence-electron chi connectivity index (χ3n) is 11.4. The van der Waals surface area contributed by atoms with Gasteiger partial charge in [-0.3, -0.25) is 4.98 Å². The van der Waals surface area contributed by atoms with Gasteiger partial charge >= 0.3 is 0 Å². The number of benzene rings is 6. The summed E-state index contributed by atoms with van der Waals surface area (Å²) in [4.78, 5) is 4.79. The van der Waals surface area contributed by atoms with Crippen LogP contribution in [0.5, 0.6) is 11.5 Å². The van der Waals surface area contributed by atoms with Crippen molar-refractivity contribution in [3.63, 3.8) is 0 Å². The highest BCUT2D eigenvalue weighted by atomic mass is 16.5. The maximum absolute atomic E-state index is 6.87. The van der Waals surface area contributed by atoms with Crippen LogP contribution < -0.4 is 4.74 Å². The zero-order valence-electron chi connectivity index (χ0n) is 27.6. The first kappa shape index (κ1) is 27.7. The maximum Gasteiger partial charge on any atom is 0.132 e. The van der Waals surface area contributed by atoms with Crippen LogP contribution in [0.2, 0.25) is 0 Å². The fourth-order valence-corrected chi connectivity index (χ4v) is 9.16. The van der Waals surface area contributed by atoms with E-state index in [1.54, 1.807) is 0 Å². The van der Waals surface area contributed by atoms with E-state index in [4.69, 9.17) is 9.72 Å². The van der Waals surface area contributed by atoms with Crippen molar-refractivity contribution in [1.29, 1.82) is 0 Å². The van der Waals surface area contributed by atoms with E-state index in [-0.39, 0.29) is 0 Å². The van der Waals surface area contributed by atoms with Crippen molar-refractivity contribution in [2.45, 2.75) is 24.7 Å². The monoisotopic (exact) mass is 640 g/mol. The van der Waals surface area contributed by atoms with Crippen molar-refractivity contribution >= 4 is 27.4 Å². The highest BCUT2D eigenvalue weighted by Crippen LogP contribution is 2.60. The summed E-state index contributed by atoms with van der Waals surface area (Å²) in [6.07, 6.45) is 5.28. The van der Waals surface area contributed by atoms with Crippen LogP contribution in [0.25, 0.3) is 44.2 Å². The molecule has 50 heavy (non-hydrogen) atoms. The number of hydrogen-bond donors (Lipinski definition) is 0. The lowest BCUT2D eigenvalue weighted by molar-refractivity contribution is 0.434. The predicted molar refractivity (Wildman–Crippen MR) is 203 cm³/mol. The van der Waals surface area contributed by atoms with E-state index in [1.807, 2.05) is 12.3 Å². The minimum absolute atomic E-state index is 0.483. The second kappa shape index (κ2) is 10.2. The molecule has 2 aromatic heterocycles. The van der Waals surface area contributed by atoms with Crippen molar-refractivity contribution in [1.82, 2.24) is 9.55 Å². The average Bonchev–Trinajstić information content (AvgIpc) is 3.52. The smallest absolute Gasteiger partial charge is 0.132 e. The van der Waals surface area contributed by atoms with Gasteiger partial charge in [-0.25, -0.2) is 0 Å². The number of hydrogen-bond acceptors (Lipinski definition) is 2. The Morgan fingerprint density at radius 2 is 1.34 bits per heavy atom. The Balaban J connectivity index is 1.11. The Kier molecular flexibility index (Phi) is 5.64. The largest absolute Gasteiger partial charge is 0.457 e. The Labute approximate surface area is 290 Å². The van der Waals surface area contributed by atoms with Crippen LogP contribution in [0.15, 0.2) is 158 Å². The van der Waals surface area contributed by atoms with Crippen molar-refractivity contribution in [2.24, 2.45) is 0 Å². The number of nitrogens with zero attached hydrogens (tertiary/aromatic N) is 2. The number of aromatic nitrogens is 2.